The van der Waals surface area contributed by atoms with Crippen LogP contribution in [0.15, 0.2) is 4.40 Å². The third-order valence-corrected chi connectivity index (χ3v) is 4.38. The first-order valence-corrected chi connectivity index (χ1v) is 9.57. The average Bonchev–Trinajstić information content (AvgIpc) is 1.96. The van der Waals surface area contributed by atoms with E-state index in [9.17, 15) is 26.7 Å². The van der Waals surface area contributed by atoms with Gasteiger partial charge in [0.25, 0.3) is 0 Å². The van der Waals surface area contributed by atoms with Crippen molar-refractivity contribution in [2.75, 3.05) is 0 Å². The number of nitrogens with zero attached hydrogens (tertiary/aromatic N) is 1. The number of rotatable bonds is 4. The lowest BCUT2D eigenvalue weighted by molar-refractivity contribution is -0.217. The van der Waals surface area contributed by atoms with Crippen molar-refractivity contribution in [3.05, 3.63) is 0 Å². The maximum absolute atomic E-state index is 11.8. The summed E-state index contributed by atoms with van der Waals surface area (Å²) in [6.07, 6.45) is -0.259. The van der Waals surface area contributed by atoms with E-state index in [4.69, 9.17) is 0 Å². The SMILES string of the molecule is C[Si](C)(C)CC/C([O-])=N/S(=O)(=O)C(F)(F)F. The highest BCUT2D eigenvalue weighted by molar-refractivity contribution is 7.91. The minimum atomic E-state index is -5.67. The fourth-order valence-electron chi connectivity index (χ4n) is 0.713. The number of alkyl halides is 3. The van der Waals surface area contributed by atoms with Crippen molar-refractivity contribution in [2.24, 2.45) is 4.40 Å². The molecule has 0 atom stereocenters. The second kappa shape index (κ2) is 4.74. The Bertz CT molecular complexity index is 369. The molecule has 0 aliphatic carbocycles. The van der Waals surface area contributed by atoms with Gasteiger partial charge in [0.1, 0.15) is 0 Å². The van der Waals surface area contributed by atoms with Gasteiger partial charge in [0, 0.05) is 8.07 Å². The third-order valence-electron chi connectivity index (χ3n) is 1.60. The molecule has 0 radical (unpaired) electrons. The minimum absolute atomic E-state index is 0.259. The summed E-state index contributed by atoms with van der Waals surface area (Å²) in [6, 6.07) is 0.405. The lowest BCUT2D eigenvalue weighted by Gasteiger charge is -2.18. The fraction of sp³-hybridized carbons (Fsp3) is 0.857. The van der Waals surface area contributed by atoms with Gasteiger partial charge in [-0.05, 0) is 12.3 Å². The molecule has 0 aromatic carbocycles. The molecule has 0 aliphatic heterocycles. The first-order chi connectivity index (χ1) is 6.85. The average molecular weight is 276 g/mol. The third kappa shape index (κ3) is 5.49. The fourth-order valence-corrected chi connectivity index (χ4v) is 2.14. The lowest BCUT2D eigenvalue weighted by atomic mass is 10.5. The van der Waals surface area contributed by atoms with E-state index in [-0.39, 0.29) is 6.42 Å². The Morgan fingerprint density at radius 1 is 1.31 bits per heavy atom. The van der Waals surface area contributed by atoms with E-state index in [0.29, 0.717) is 6.04 Å². The van der Waals surface area contributed by atoms with Gasteiger partial charge in [0.05, 0.1) is 0 Å². The van der Waals surface area contributed by atoms with E-state index >= 15 is 0 Å². The molecule has 96 valence electrons. The van der Waals surface area contributed by atoms with E-state index in [1.807, 2.05) is 19.6 Å². The Balaban J connectivity index is 4.69. The molecule has 9 heteroatoms. The van der Waals surface area contributed by atoms with E-state index < -0.39 is 29.5 Å². The summed E-state index contributed by atoms with van der Waals surface area (Å²) >= 11 is 0. The molecule has 0 fully saturated rings. The normalized spacial score (nSPS) is 15.2. The first kappa shape index (κ1) is 15.4. The van der Waals surface area contributed by atoms with Gasteiger partial charge in [-0.3, -0.25) is 0 Å². The molecule has 0 saturated heterocycles. The second-order valence-electron chi connectivity index (χ2n) is 4.47. The van der Waals surface area contributed by atoms with E-state index in [0.717, 1.165) is 0 Å². The van der Waals surface area contributed by atoms with Gasteiger partial charge < -0.3 is 5.11 Å². The molecule has 0 aliphatic rings. The van der Waals surface area contributed by atoms with Crippen molar-refractivity contribution in [1.82, 2.24) is 0 Å². The zero-order valence-corrected chi connectivity index (χ0v) is 10.9. The topological polar surface area (TPSA) is 69.6 Å². The van der Waals surface area contributed by atoms with Crippen molar-refractivity contribution in [1.29, 1.82) is 0 Å². The van der Waals surface area contributed by atoms with Crippen LogP contribution in [0.4, 0.5) is 13.2 Å². The first-order valence-electron chi connectivity index (χ1n) is 4.42. The van der Waals surface area contributed by atoms with Crippen LogP contribution in [-0.2, 0) is 10.0 Å². The number of hydrogen-bond donors (Lipinski definition) is 0. The lowest BCUT2D eigenvalue weighted by Crippen LogP contribution is -2.29. The Kier molecular flexibility index (Phi) is 4.57. The van der Waals surface area contributed by atoms with Gasteiger partial charge in [0.15, 0.2) is 0 Å². The van der Waals surface area contributed by atoms with Gasteiger partial charge in [-0.1, -0.05) is 25.7 Å². The number of halogens is 3. The largest absolute Gasteiger partial charge is 0.861 e. The molecule has 0 spiro atoms. The highest BCUT2D eigenvalue weighted by Gasteiger charge is 2.45. The molecule has 0 heterocycles. The molecule has 0 N–H and O–H groups in total. The number of sulfonamides is 1. The highest BCUT2D eigenvalue weighted by Crippen LogP contribution is 2.24. The molecule has 0 saturated carbocycles. The van der Waals surface area contributed by atoms with Crippen LogP contribution < -0.4 is 5.11 Å². The Morgan fingerprint density at radius 3 is 2.06 bits per heavy atom. The quantitative estimate of drug-likeness (QED) is 0.442. The van der Waals surface area contributed by atoms with Crippen LogP contribution in [0.5, 0.6) is 0 Å². The van der Waals surface area contributed by atoms with Crippen molar-refractivity contribution < 1.29 is 26.7 Å². The van der Waals surface area contributed by atoms with E-state index in [1.165, 1.54) is 0 Å². The predicted molar refractivity (Wildman–Crippen MR) is 55.2 cm³/mol. The standard InChI is InChI=1S/C7H14F3NO3SSi/c1-16(2,3)5-4-6(12)11-15(13,14)7(8,9)10/h4-5H2,1-3H3,(H,11,12)/p-1. The number of hydrogen-bond acceptors (Lipinski definition) is 3. The maximum atomic E-state index is 11.8. The Morgan fingerprint density at radius 2 is 1.75 bits per heavy atom. The molecular formula is C7H13F3NO3SSi-. The van der Waals surface area contributed by atoms with Gasteiger partial charge >= 0.3 is 15.5 Å². The molecule has 0 amide bonds. The smallest absolute Gasteiger partial charge is 0.518 e. The molecule has 0 unspecified atom stereocenters. The molecule has 0 rings (SSSR count). The van der Waals surface area contributed by atoms with Crippen LogP contribution in [0.1, 0.15) is 6.42 Å². The van der Waals surface area contributed by atoms with Crippen LogP contribution in [0.3, 0.4) is 0 Å². The molecular weight excluding hydrogens is 263 g/mol. The van der Waals surface area contributed by atoms with Crippen molar-refractivity contribution >= 4 is 24.0 Å². The second-order valence-corrected chi connectivity index (χ2v) is 11.7. The summed E-state index contributed by atoms with van der Waals surface area (Å²) in [4.78, 5) is 0. The summed E-state index contributed by atoms with van der Waals surface area (Å²) in [6.45, 7) is 5.75. The highest BCUT2D eigenvalue weighted by atomic mass is 32.2. The van der Waals surface area contributed by atoms with Gasteiger partial charge in [-0.25, -0.2) is 0 Å². The zero-order chi connectivity index (χ0) is 13.2. The summed E-state index contributed by atoms with van der Waals surface area (Å²) in [5, 5.41) is 10.9. The minimum Gasteiger partial charge on any atom is -0.861 e. The monoisotopic (exact) mass is 276 g/mol. The van der Waals surface area contributed by atoms with Crippen LogP contribution in [0, 0.1) is 0 Å². The summed E-state index contributed by atoms with van der Waals surface area (Å²) < 4.78 is 58.7. The predicted octanol–water partition coefficient (Wildman–Crippen LogP) is 1.32. The van der Waals surface area contributed by atoms with Crippen molar-refractivity contribution in [3.63, 3.8) is 0 Å². The van der Waals surface area contributed by atoms with Crippen LogP contribution in [0.2, 0.25) is 25.7 Å². The molecule has 4 nitrogen and oxygen atoms in total. The summed E-state index contributed by atoms with van der Waals surface area (Å²) in [5.41, 5.74) is -5.50. The van der Waals surface area contributed by atoms with E-state index in [1.54, 1.807) is 0 Å². The maximum Gasteiger partial charge on any atom is 0.518 e. The van der Waals surface area contributed by atoms with Gasteiger partial charge in [-0.15, -0.1) is 0 Å². The summed E-state index contributed by atoms with van der Waals surface area (Å²) in [5.74, 6) is -1.24. The van der Waals surface area contributed by atoms with Crippen LogP contribution in [-0.4, -0.2) is 27.9 Å². The Hall–Kier alpha value is -0.573. The van der Waals surface area contributed by atoms with Gasteiger partial charge in [-0.2, -0.15) is 26.0 Å². The Labute approximate surface area is 93.3 Å². The molecule has 16 heavy (non-hydrogen) atoms. The zero-order valence-electron chi connectivity index (χ0n) is 9.13. The van der Waals surface area contributed by atoms with Crippen LogP contribution >= 0.6 is 0 Å². The van der Waals surface area contributed by atoms with Crippen molar-refractivity contribution in [2.45, 2.75) is 37.6 Å². The van der Waals surface area contributed by atoms with Crippen molar-refractivity contribution in [3.8, 4) is 0 Å². The summed E-state index contributed by atoms with van der Waals surface area (Å²) in [7, 11) is -7.27. The molecule has 0 aromatic rings. The van der Waals surface area contributed by atoms with E-state index in [2.05, 4.69) is 4.40 Å². The van der Waals surface area contributed by atoms with Crippen LogP contribution in [0.25, 0.3) is 0 Å². The molecule has 0 aromatic heterocycles. The molecule has 0 bridgehead atoms. The van der Waals surface area contributed by atoms with Gasteiger partial charge in [0.2, 0.25) is 0 Å².